The van der Waals surface area contributed by atoms with E-state index in [9.17, 15) is 0 Å². The second-order valence-electron chi connectivity index (χ2n) is 5.91. The number of aromatic amines is 1. The fourth-order valence-electron chi connectivity index (χ4n) is 3.12. The lowest BCUT2D eigenvalue weighted by Crippen LogP contribution is -2.41. The highest BCUT2D eigenvalue weighted by molar-refractivity contribution is 7.80. The molecule has 1 aliphatic heterocycles. The Morgan fingerprint density at radius 1 is 1.25 bits per heavy atom. The molecule has 0 bridgehead atoms. The SMILES string of the molecule is S=C(NCc1ccco1)N1CC=C(c2c[nH]c3ccccc23)CC1. The second kappa shape index (κ2) is 6.53. The van der Waals surface area contributed by atoms with Crippen molar-refractivity contribution in [3.63, 3.8) is 0 Å². The number of H-pyrrole nitrogens is 1. The monoisotopic (exact) mass is 337 g/mol. The van der Waals surface area contributed by atoms with Crippen LogP contribution in [-0.4, -0.2) is 28.1 Å². The number of nitrogens with one attached hydrogen (secondary N) is 2. The van der Waals surface area contributed by atoms with Crippen molar-refractivity contribution in [2.75, 3.05) is 13.1 Å². The van der Waals surface area contributed by atoms with E-state index in [2.05, 4.69) is 51.7 Å². The average Bonchev–Trinajstić information content (AvgIpc) is 3.29. The third kappa shape index (κ3) is 2.95. The number of para-hydroxylation sites is 1. The largest absolute Gasteiger partial charge is 0.467 e. The second-order valence-corrected chi connectivity index (χ2v) is 6.30. The summed E-state index contributed by atoms with van der Waals surface area (Å²) in [6, 6.07) is 12.3. The van der Waals surface area contributed by atoms with Gasteiger partial charge in [-0.2, -0.15) is 0 Å². The van der Waals surface area contributed by atoms with E-state index in [-0.39, 0.29) is 0 Å². The van der Waals surface area contributed by atoms with E-state index in [1.54, 1.807) is 6.26 Å². The first-order valence-corrected chi connectivity index (χ1v) is 8.53. The van der Waals surface area contributed by atoms with Gasteiger partial charge in [0.25, 0.3) is 0 Å². The van der Waals surface area contributed by atoms with Crippen LogP contribution in [0.25, 0.3) is 16.5 Å². The highest BCUT2D eigenvalue weighted by Gasteiger charge is 2.17. The van der Waals surface area contributed by atoms with E-state index in [1.807, 2.05) is 12.1 Å². The zero-order valence-corrected chi connectivity index (χ0v) is 14.1. The van der Waals surface area contributed by atoms with E-state index in [4.69, 9.17) is 16.6 Å². The Labute approximate surface area is 146 Å². The van der Waals surface area contributed by atoms with Crippen molar-refractivity contribution in [3.8, 4) is 0 Å². The van der Waals surface area contributed by atoms with Gasteiger partial charge >= 0.3 is 0 Å². The molecule has 122 valence electrons. The van der Waals surface area contributed by atoms with Crippen LogP contribution in [0.5, 0.6) is 0 Å². The first-order valence-electron chi connectivity index (χ1n) is 8.12. The van der Waals surface area contributed by atoms with Crippen LogP contribution in [0.3, 0.4) is 0 Å². The molecule has 2 N–H and O–H groups in total. The Morgan fingerprint density at radius 2 is 2.17 bits per heavy atom. The number of hydrogen-bond acceptors (Lipinski definition) is 2. The minimum absolute atomic E-state index is 0.626. The lowest BCUT2D eigenvalue weighted by atomic mass is 9.99. The Morgan fingerprint density at radius 3 is 2.96 bits per heavy atom. The van der Waals surface area contributed by atoms with Crippen LogP contribution < -0.4 is 5.32 Å². The number of rotatable bonds is 3. The highest BCUT2D eigenvalue weighted by Crippen LogP contribution is 2.29. The Hall–Kier alpha value is -2.53. The van der Waals surface area contributed by atoms with Crippen LogP contribution in [-0.2, 0) is 6.54 Å². The minimum Gasteiger partial charge on any atom is -0.467 e. The maximum absolute atomic E-state index is 5.50. The molecule has 1 aliphatic rings. The molecule has 0 saturated carbocycles. The van der Waals surface area contributed by atoms with Crippen LogP contribution in [0.15, 0.2) is 59.4 Å². The van der Waals surface area contributed by atoms with E-state index in [0.29, 0.717) is 6.54 Å². The summed E-state index contributed by atoms with van der Waals surface area (Å²) in [5.41, 5.74) is 3.88. The quantitative estimate of drug-likeness (QED) is 0.711. The zero-order chi connectivity index (χ0) is 16.4. The number of aromatic nitrogens is 1. The summed E-state index contributed by atoms with van der Waals surface area (Å²) in [5, 5.41) is 5.33. The first kappa shape index (κ1) is 15.0. The molecular formula is C19H19N3OS. The molecule has 3 heterocycles. The molecular weight excluding hydrogens is 318 g/mol. The summed E-state index contributed by atoms with van der Waals surface area (Å²) in [7, 11) is 0. The van der Waals surface area contributed by atoms with Crippen LogP contribution in [0.2, 0.25) is 0 Å². The molecule has 24 heavy (non-hydrogen) atoms. The van der Waals surface area contributed by atoms with Crippen LogP contribution in [0.1, 0.15) is 17.7 Å². The maximum atomic E-state index is 5.50. The number of hydrogen-bond donors (Lipinski definition) is 2. The lowest BCUT2D eigenvalue weighted by Gasteiger charge is -2.29. The number of fused-ring (bicyclic) bond motifs is 1. The van der Waals surface area contributed by atoms with Gasteiger partial charge in [0.05, 0.1) is 12.8 Å². The van der Waals surface area contributed by atoms with E-state index >= 15 is 0 Å². The molecule has 0 amide bonds. The topological polar surface area (TPSA) is 44.2 Å². The summed E-state index contributed by atoms with van der Waals surface area (Å²) in [6.45, 7) is 2.38. The Kier molecular flexibility index (Phi) is 4.09. The van der Waals surface area contributed by atoms with Crippen molar-refractivity contribution >= 4 is 33.8 Å². The Balaban J connectivity index is 1.42. The van der Waals surface area contributed by atoms with Gasteiger partial charge in [-0.1, -0.05) is 24.3 Å². The van der Waals surface area contributed by atoms with E-state index < -0.39 is 0 Å². The molecule has 4 nitrogen and oxygen atoms in total. The number of benzene rings is 1. The smallest absolute Gasteiger partial charge is 0.169 e. The van der Waals surface area contributed by atoms with Crippen LogP contribution in [0, 0.1) is 0 Å². The van der Waals surface area contributed by atoms with Gasteiger partial charge in [-0.15, -0.1) is 0 Å². The normalized spacial score (nSPS) is 14.7. The minimum atomic E-state index is 0.626. The molecule has 2 aromatic heterocycles. The van der Waals surface area contributed by atoms with Crippen molar-refractivity contribution in [3.05, 3.63) is 66.3 Å². The molecule has 1 aromatic carbocycles. The summed E-state index contributed by atoms with van der Waals surface area (Å²) < 4.78 is 5.32. The van der Waals surface area contributed by atoms with Gasteiger partial charge in [0.2, 0.25) is 0 Å². The lowest BCUT2D eigenvalue weighted by molar-refractivity contribution is 0.441. The molecule has 0 radical (unpaired) electrons. The number of nitrogens with zero attached hydrogens (tertiary/aromatic N) is 1. The summed E-state index contributed by atoms with van der Waals surface area (Å²) in [4.78, 5) is 5.54. The van der Waals surface area contributed by atoms with Crippen molar-refractivity contribution < 1.29 is 4.42 Å². The van der Waals surface area contributed by atoms with Crippen molar-refractivity contribution in [1.29, 1.82) is 0 Å². The van der Waals surface area contributed by atoms with Crippen LogP contribution >= 0.6 is 12.2 Å². The summed E-state index contributed by atoms with van der Waals surface area (Å²) >= 11 is 5.50. The third-order valence-electron chi connectivity index (χ3n) is 4.43. The standard InChI is InChI=1S/C19H19N3OS/c24-19(21-12-15-4-3-11-23-15)22-9-7-14(8-10-22)17-13-20-18-6-2-1-5-16(17)18/h1-7,11,13,20H,8-10,12H2,(H,21,24). The molecule has 3 aromatic rings. The summed E-state index contributed by atoms with van der Waals surface area (Å²) in [6.07, 6.45) is 7.06. The van der Waals surface area contributed by atoms with Crippen molar-refractivity contribution in [1.82, 2.24) is 15.2 Å². The van der Waals surface area contributed by atoms with Crippen molar-refractivity contribution in [2.45, 2.75) is 13.0 Å². The first-order chi connectivity index (χ1) is 11.8. The summed E-state index contributed by atoms with van der Waals surface area (Å²) in [5.74, 6) is 0.893. The average molecular weight is 337 g/mol. The number of thiocarbonyl (C=S) groups is 1. The van der Waals surface area contributed by atoms with Gasteiger partial charge in [-0.05, 0) is 42.4 Å². The molecule has 0 fully saturated rings. The van der Waals surface area contributed by atoms with Gasteiger partial charge in [0, 0.05) is 35.8 Å². The van der Waals surface area contributed by atoms with Gasteiger partial charge < -0.3 is 19.6 Å². The predicted molar refractivity (Wildman–Crippen MR) is 101 cm³/mol. The van der Waals surface area contributed by atoms with E-state index in [0.717, 1.165) is 30.4 Å². The van der Waals surface area contributed by atoms with E-state index in [1.165, 1.54) is 22.0 Å². The Bertz CT molecular complexity index is 879. The zero-order valence-electron chi connectivity index (χ0n) is 13.3. The molecule has 0 unspecified atom stereocenters. The molecule has 0 spiro atoms. The molecule has 0 aliphatic carbocycles. The maximum Gasteiger partial charge on any atom is 0.169 e. The van der Waals surface area contributed by atoms with Gasteiger partial charge in [-0.25, -0.2) is 0 Å². The highest BCUT2D eigenvalue weighted by atomic mass is 32.1. The molecule has 0 atom stereocenters. The predicted octanol–water partition coefficient (Wildman–Crippen LogP) is 3.92. The molecule has 5 heteroatoms. The fraction of sp³-hybridized carbons (Fsp3) is 0.211. The fourth-order valence-corrected chi connectivity index (χ4v) is 3.36. The van der Waals surface area contributed by atoms with Crippen molar-refractivity contribution in [2.24, 2.45) is 0 Å². The molecule has 4 rings (SSSR count). The van der Waals surface area contributed by atoms with Gasteiger partial charge in [0.1, 0.15) is 5.76 Å². The number of furan rings is 1. The van der Waals surface area contributed by atoms with Gasteiger partial charge in [0.15, 0.2) is 5.11 Å². The molecule has 0 saturated heterocycles. The third-order valence-corrected chi connectivity index (χ3v) is 4.83. The van der Waals surface area contributed by atoms with Gasteiger partial charge in [-0.3, -0.25) is 0 Å². The van der Waals surface area contributed by atoms with Crippen LogP contribution in [0.4, 0.5) is 0 Å².